The number of hydrogen-bond acceptors (Lipinski definition) is 6. The van der Waals surface area contributed by atoms with Crippen molar-refractivity contribution >= 4 is 11.9 Å². The van der Waals surface area contributed by atoms with Gasteiger partial charge in [-0.1, -0.05) is 6.07 Å². The number of ether oxygens (including phenoxy) is 2. The highest BCUT2D eigenvalue weighted by Gasteiger charge is 2.34. The number of phenolic OH excluding ortho intramolecular Hbond substituents is 1. The monoisotopic (exact) mass is 380 g/mol. The third-order valence-corrected chi connectivity index (χ3v) is 5.08. The molecule has 2 atom stereocenters. The molecule has 28 heavy (non-hydrogen) atoms. The second-order valence-corrected chi connectivity index (χ2v) is 7.57. The van der Waals surface area contributed by atoms with E-state index < -0.39 is 0 Å². The van der Waals surface area contributed by atoms with Crippen LogP contribution in [0.1, 0.15) is 40.9 Å². The molecule has 4 rings (SSSR count). The topological polar surface area (TPSA) is 71.9 Å². The standard InChI is InChI=1S/C22H24N2O4/c1-13-7-18(25)17(12-24-10-14(2)27-15(3)11-24)22-20(13)21(26)19(28-22)8-16-5-4-6-23-9-16/h4-9,14-15,25H,10-12H2,1-3H3. The predicted molar refractivity (Wildman–Crippen MR) is 105 cm³/mol. The van der Waals surface area contributed by atoms with Gasteiger partial charge in [0.25, 0.3) is 0 Å². The van der Waals surface area contributed by atoms with E-state index in [0.29, 0.717) is 29.0 Å². The Morgan fingerprint density at radius 3 is 2.75 bits per heavy atom. The second kappa shape index (κ2) is 7.37. The summed E-state index contributed by atoms with van der Waals surface area (Å²) in [6, 6.07) is 5.32. The highest BCUT2D eigenvalue weighted by atomic mass is 16.5. The summed E-state index contributed by atoms with van der Waals surface area (Å²) in [6.07, 6.45) is 5.28. The SMILES string of the molecule is Cc1cc(O)c(CN2CC(C)OC(C)C2)c2c1C(=O)C(=Cc1cccnc1)O2. The maximum absolute atomic E-state index is 13.0. The number of carbonyl (C=O) groups excluding carboxylic acids is 1. The molecule has 0 amide bonds. The molecule has 2 aromatic rings. The predicted octanol–water partition coefficient (Wildman–Crippen LogP) is 3.32. The van der Waals surface area contributed by atoms with Gasteiger partial charge in [-0.15, -0.1) is 0 Å². The Morgan fingerprint density at radius 2 is 2.07 bits per heavy atom. The first-order valence-corrected chi connectivity index (χ1v) is 9.50. The molecule has 6 nitrogen and oxygen atoms in total. The van der Waals surface area contributed by atoms with E-state index in [4.69, 9.17) is 9.47 Å². The first-order chi connectivity index (χ1) is 13.4. The van der Waals surface area contributed by atoms with E-state index >= 15 is 0 Å². The lowest BCUT2D eigenvalue weighted by Crippen LogP contribution is -2.44. The van der Waals surface area contributed by atoms with E-state index in [1.54, 1.807) is 24.5 Å². The van der Waals surface area contributed by atoms with Crippen LogP contribution in [-0.2, 0) is 11.3 Å². The fourth-order valence-corrected chi connectivity index (χ4v) is 3.98. The molecule has 2 aliphatic heterocycles. The number of rotatable bonds is 3. The van der Waals surface area contributed by atoms with Crippen LogP contribution in [0.2, 0.25) is 0 Å². The number of Topliss-reactive ketones (excluding diaryl/α,β-unsaturated/α-hetero) is 1. The molecule has 0 aliphatic carbocycles. The van der Waals surface area contributed by atoms with Crippen molar-refractivity contribution in [2.24, 2.45) is 0 Å². The zero-order valence-corrected chi connectivity index (χ0v) is 16.3. The third kappa shape index (κ3) is 3.53. The minimum absolute atomic E-state index is 0.118. The molecule has 0 saturated carbocycles. The minimum Gasteiger partial charge on any atom is -0.507 e. The molecule has 0 spiro atoms. The largest absolute Gasteiger partial charge is 0.507 e. The fourth-order valence-electron chi connectivity index (χ4n) is 3.98. The summed E-state index contributed by atoms with van der Waals surface area (Å²) in [7, 11) is 0. The summed E-state index contributed by atoms with van der Waals surface area (Å²) in [5.41, 5.74) is 2.67. The molecule has 1 saturated heterocycles. The number of aromatic hydroxyl groups is 1. The number of allylic oxidation sites excluding steroid dienone is 1. The van der Waals surface area contributed by atoms with E-state index in [0.717, 1.165) is 18.7 Å². The van der Waals surface area contributed by atoms with Gasteiger partial charge in [0.2, 0.25) is 5.78 Å². The van der Waals surface area contributed by atoms with Gasteiger partial charge in [0.15, 0.2) is 5.76 Å². The van der Waals surface area contributed by atoms with Crippen molar-refractivity contribution in [2.45, 2.75) is 39.5 Å². The summed E-state index contributed by atoms with van der Waals surface area (Å²) in [5.74, 6) is 0.700. The molecule has 2 aliphatic rings. The first-order valence-electron chi connectivity index (χ1n) is 9.50. The Kier molecular flexibility index (Phi) is 4.91. The number of pyridine rings is 1. The number of morpholine rings is 1. The van der Waals surface area contributed by atoms with Crippen LogP contribution in [0.4, 0.5) is 0 Å². The Labute approximate surface area is 164 Å². The van der Waals surface area contributed by atoms with Crippen molar-refractivity contribution in [1.82, 2.24) is 9.88 Å². The number of fused-ring (bicyclic) bond motifs is 1. The first kappa shape index (κ1) is 18.7. The van der Waals surface area contributed by atoms with Gasteiger partial charge in [0, 0.05) is 32.0 Å². The Bertz CT molecular complexity index is 929. The van der Waals surface area contributed by atoms with E-state index in [1.165, 1.54) is 0 Å². The Hall–Kier alpha value is -2.70. The molecule has 146 valence electrons. The summed E-state index contributed by atoms with van der Waals surface area (Å²) in [5, 5.41) is 10.6. The van der Waals surface area contributed by atoms with E-state index in [1.807, 2.05) is 32.9 Å². The van der Waals surface area contributed by atoms with E-state index in [-0.39, 0.29) is 29.5 Å². The van der Waals surface area contributed by atoms with Gasteiger partial charge in [-0.05, 0) is 50.1 Å². The molecular weight excluding hydrogens is 356 g/mol. The van der Waals surface area contributed by atoms with Crippen LogP contribution in [0, 0.1) is 6.92 Å². The van der Waals surface area contributed by atoms with Crippen molar-refractivity contribution < 1.29 is 19.4 Å². The zero-order chi connectivity index (χ0) is 19.8. The van der Waals surface area contributed by atoms with Crippen LogP contribution in [0.25, 0.3) is 6.08 Å². The average Bonchev–Trinajstić information content (AvgIpc) is 2.95. The molecular formula is C22H24N2O4. The fraction of sp³-hybridized carbons (Fsp3) is 0.364. The highest BCUT2D eigenvalue weighted by molar-refractivity contribution is 6.15. The molecule has 1 N–H and O–H groups in total. The number of ketones is 1. The lowest BCUT2D eigenvalue weighted by molar-refractivity contribution is -0.0707. The number of aryl methyl sites for hydroxylation is 1. The molecule has 3 heterocycles. The van der Waals surface area contributed by atoms with Gasteiger partial charge < -0.3 is 14.6 Å². The lowest BCUT2D eigenvalue weighted by atomic mass is 9.99. The van der Waals surface area contributed by atoms with Gasteiger partial charge in [-0.3, -0.25) is 14.7 Å². The van der Waals surface area contributed by atoms with Gasteiger partial charge >= 0.3 is 0 Å². The van der Waals surface area contributed by atoms with Crippen molar-refractivity contribution in [2.75, 3.05) is 13.1 Å². The molecule has 0 bridgehead atoms. The van der Waals surface area contributed by atoms with Crippen LogP contribution in [0.15, 0.2) is 36.4 Å². The van der Waals surface area contributed by atoms with Crippen LogP contribution in [0.3, 0.4) is 0 Å². The highest BCUT2D eigenvalue weighted by Crippen LogP contribution is 2.42. The summed E-state index contributed by atoms with van der Waals surface area (Å²) in [4.78, 5) is 19.2. The number of carbonyl (C=O) groups is 1. The number of aromatic nitrogens is 1. The Balaban J connectivity index is 1.69. The summed E-state index contributed by atoms with van der Waals surface area (Å²) in [6.45, 7) is 7.92. The van der Waals surface area contributed by atoms with Crippen LogP contribution >= 0.6 is 0 Å². The Morgan fingerprint density at radius 1 is 1.32 bits per heavy atom. The summed E-state index contributed by atoms with van der Waals surface area (Å²) < 4.78 is 11.8. The number of phenols is 1. The average molecular weight is 380 g/mol. The maximum atomic E-state index is 13.0. The van der Waals surface area contributed by atoms with Crippen LogP contribution < -0.4 is 4.74 Å². The molecule has 6 heteroatoms. The smallest absolute Gasteiger partial charge is 0.232 e. The molecule has 1 fully saturated rings. The van der Waals surface area contributed by atoms with Crippen molar-refractivity contribution in [3.63, 3.8) is 0 Å². The second-order valence-electron chi connectivity index (χ2n) is 7.57. The van der Waals surface area contributed by atoms with Gasteiger partial charge in [-0.2, -0.15) is 0 Å². The quantitative estimate of drug-likeness (QED) is 0.824. The molecule has 0 radical (unpaired) electrons. The number of hydrogen-bond donors (Lipinski definition) is 1. The number of benzene rings is 1. The molecule has 1 aromatic heterocycles. The lowest BCUT2D eigenvalue weighted by Gasteiger charge is -2.35. The minimum atomic E-state index is -0.165. The van der Waals surface area contributed by atoms with Gasteiger partial charge in [-0.25, -0.2) is 0 Å². The molecule has 1 aromatic carbocycles. The zero-order valence-electron chi connectivity index (χ0n) is 16.3. The third-order valence-electron chi connectivity index (χ3n) is 5.08. The van der Waals surface area contributed by atoms with Gasteiger partial charge in [0.05, 0.1) is 23.3 Å². The molecule has 2 unspecified atom stereocenters. The maximum Gasteiger partial charge on any atom is 0.232 e. The van der Waals surface area contributed by atoms with Crippen molar-refractivity contribution in [3.05, 3.63) is 58.6 Å². The van der Waals surface area contributed by atoms with Crippen molar-refractivity contribution in [1.29, 1.82) is 0 Å². The van der Waals surface area contributed by atoms with Crippen LogP contribution in [0.5, 0.6) is 11.5 Å². The normalized spacial score (nSPS) is 23.7. The van der Waals surface area contributed by atoms with Crippen molar-refractivity contribution in [3.8, 4) is 11.5 Å². The number of nitrogens with zero attached hydrogens (tertiary/aromatic N) is 2. The summed E-state index contributed by atoms with van der Waals surface area (Å²) >= 11 is 0. The van der Waals surface area contributed by atoms with Crippen LogP contribution in [-0.4, -0.2) is 46.1 Å². The van der Waals surface area contributed by atoms with E-state index in [9.17, 15) is 9.90 Å². The van der Waals surface area contributed by atoms with E-state index in [2.05, 4.69) is 9.88 Å². The van der Waals surface area contributed by atoms with Gasteiger partial charge in [0.1, 0.15) is 11.5 Å².